The van der Waals surface area contributed by atoms with E-state index in [0.717, 1.165) is 0 Å². The molecule has 2 amide bonds. The monoisotopic (exact) mass is 404 g/mol. The van der Waals surface area contributed by atoms with Crippen LogP contribution < -0.4 is 5.32 Å². The Bertz CT molecular complexity index is 858. The molecule has 0 atom stereocenters. The van der Waals surface area contributed by atoms with E-state index in [0.29, 0.717) is 49.3 Å². The van der Waals surface area contributed by atoms with Crippen LogP contribution in [0.3, 0.4) is 0 Å². The quantitative estimate of drug-likeness (QED) is 0.816. The van der Waals surface area contributed by atoms with Gasteiger partial charge in [-0.2, -0.15) is 0 Å². The van der Waals surface area contributed by atoms with Gasteiger partial charge in [0.25, 0.3) is 5.91 Å². The Kier molecular flexibility index (Phi) is 6.31. The minimum absolute atomic E-state index is 0.00514. The lowest BCUT2D eigenvalue weighted by Crippen LogP contribution is -2.51. The summed E-state index contributed by atoms with van der Waals surface area (Å²) >= 11 is 6.24. The van der Waals surface area contributed by atoms with Crippen molar-refractivity contribution in [1.82, 2.24) is 29.9 Å². The molecule has 1 fully saturated rings. The van der Waals surface area contributed by atoms with Crippen LogP contribution in [0.1, 0.15) is 30.3 Å². The Hall–Kier alpha value is -2.45. The topological polar surface area (TPSA) is 83.4 Å². The molecule has 0 spiro atoms. The van der Waals surface area contributed by atoms with Gasteiger partial charge >= 0.3 is 0 Å². The van der Waals surface area contributed by atoms with Crippen LogP contribution >= 0.6 is 11.6 Å². The minimum Gasteiger partial charge on any atom is -0.353 e. The summed E-state index contributed by atoms with van der Waals surface area (Å²) in [6.45, 7) is 8.36. The molecule has 3 rings (SSSR count). The molecule has 1 N–H and O–H groups in total. The molecule has 1 saturated heterocycles. The number of nitrogens with zero attached hydrogens (tertiary/aromatic N) is 5. The summed E-state index contributed by atoms with van der Waals surface area (Å²) in [5.74, 6) is 0.551. The first-order chi connectivity index (χ1) is 13.3. The zero-order chi connectivity index (χ0) is 20.3. The number of para-hydroxylation sites is 1. The summed E-state index contributed by atoms with van der Waals surface area (Å²) in [7, 11) is 0. The number of nitrogens with one attached hydrogen (secondary N) is 1. The fraction of sp³-hybridized carbons (Fsp3) is 0.474. The fourth-order valence-electron chi connectivity index (χ4n) is 3.15. The molecule has 0 unspecified atom stereocenters. The van der Waals surface area contributed by atoms with Crippen LogP contribution in [0.2, 0.25) is 5.02 Å². The Morgan fingerprint density at radius 2 is 1.86 bits per heavy atom. The van der Waals surface area contributed by atoms with Crippen LogP contribution in [0.4, 0.5) is 0 Å². The number of hydrogen-bond donors (Lipinski definition) is 1. The zero-order valence-electron chi connectivity index (χ0n) is 16.4. The van der Waals surface area contributed by atoms with Crippen LogP contribution in [0.15, 0.2) is 24.3 Å². The standard InChI is InChI=1S/C19H25ClN6O2/c1-13(2)21-17(27)12-24-8-10-25(11-9-24)19(28)18-22-14(3)26(23-18)16-7-5-4-6-15(16)20/h4-7,13H,8-12H2,1-3H3,(H,21,27). The molecular formula is C19H25ClN6O2. The van der Waals surface area contributed by atoms with Gasteiger partial charge in [-0.1, -0.05) is 23.7 Å². The molecule has 0 bridgehead atoms. The van der Waals surface area contributed by atoms with Crippen molar-refractivity contribution >= 4 is 23.4 Å². The maximum absolute atomic E-state index is 12.8. The summed E-state index contributed by atoms with van der Waals surface area (Å²) in [4.78, 5) is 32.8. The van der Waals surface area contributed by atoms with Crippen molar-refractivity contribution in [3.63, 3.8) is 0 Å². The molecule has 150 valence electrons. The van der Waals surface area contributed by atoms with E-state index in [1.54, 1.807) is 22.6 Å². The number of rotatable bonds is 5. The Morgan fingerprint density at radius 1 is 1.18 bits per heavy atom. The van der Waals surface area contributed by atoms with E-state index >= 15 is 0 Å². The first-order valence-electron chi connectivity index (χ1n) is 9.34. The summed E-state index contributed by atoms with van der Waals surface area (Å²) in [6.07, 6.45) is 0. The average molecular weight is 405 g/mol. The highest BCUT2D eigenvalue weighted by atomic mass is 35.5. The predicted molar refractivity (Wildman–Crippen MR) is 107 cm³/mol. The Morgan fingerprint density at radius 3 is 2.50 bits per heavy atom. The number of carbonyl (C=O) groups excluding carboxylic acids is 2. The van der Waals surface area contributed by atoms with Crippen molar-refractivity contribution in [3.05, 3.63) is 40.9 Å². The van der Waals surface area contributed by atoms with Gasteiger partial charge in [0.2, 0.25) is 11.7 Å². The molecule has 0 radical (unpaired) electrons. The van der Waals surface area contributed by atoms with Crippen molar-refractivity contribution in [2.45, 2.75) is 26.8 Å². The van der Waals surface area contributed by atoms with Crippen LogP contribution in [-0.2, 0) is 4.79 Å². The van der Waals surface area contributed by atoms with Crippen molar-refractivity contribution in [1.29, 1.82) is 0 Å². The third kappa shape index (κ3) is 4.69. The van der Waals surface area contributed by atoms with Gasteiger partial charge in [-0.05, 0) is 32.9 Å². The van der Waals surface area contributed by atoms with E-state index < -0.39 is 0 Å². The highest BCUT2D eigenvalue weighted by Gasteiger charge is 2.26. The molecular weight excluding hydrogens is 380 g/mol. The molecule has 0 saturated carbocycles. The normalized spacial score (nSPS) is 15.1. The first kappa shape index (κ1) is 20.3. The molecule has 1 aromatic heterocycles. The van der Waals surface area contributed by atoms with Gasteiger partial charge in [0.05, 0.1) is 17.3 Å². The lowest BCUT2D eigenvalue weighted by molar-refractivity contribution is -0.123. The van der Waals surface area contributed by atoms with Crippen molar-refractivity contribution in [2.24, 2.45) is 0 Å². The molecule has 9 heteroatoms. The SMILES string of the molecule is Cc1nc(C(=O)N2CCN(CC(=O)NC(C)C)CC2)nn1-c1ccccc1Cl. The summed E-state index contributed by atoms with van der Waals surface area (Å²) in [5, 5.41) is 7.80. The Balaban J connectivity index is 1.62. The number of hydrogen-bond acceptors (Lipinski definition) is 5. The smallest absolute Gasteiger partial charge is 0.293 e. The third-order valence-corrected chi connectivity index (χ3v) is 4.84. The van der Waals surface area contributed by atoms with Gasteiger partial charge in [-0.15, -0.1) is 5.10 Å². The number of halogens is 1. The van der Waals surface area contributed by atoms with E-state index in [2.05, 4.69) is 15.4 Å². The highest BCUT2D eigenvalue weighted by molar-refractivity contribution is 6.32. The fourth-order valence-corrected chi connectivity index (χ4v) is 3.37. The van der Waals surface area contributed by atoms with Crippen LogP contribution in [0, 0.1) is 6.92 Å². The van der Waals surface area contributed by atoms with Gasteiger partial charge in [-0.25, -0.2) is 9.67 Å². The van der Waals surface area contributed by atoms with Crippen LogP contribution in [-0.4, -0.2) is 75.1 Å². The number of piperazine rings is 1. The molecule has 1 aliphatic heterocycles. The third-order valence-electron chi connectivity index (χ3n) is 4.52. The van der Waals surface area contributed by atoms with E-state index in [9.17, 15) is 9.59 Å². The lowest BCUT2D eigenvalue weighted by Gasteiger charge is -2.33. The Labute approximate surface area is 169 Å². The summed E-state index contributed by atoms with van der Waals surface area (Å²) in [5.41, 5.74) is 0.689. The second-order valence-corrected chi connectivity index (χ2v) is 7.54. The van der Waals surface area contributed by atoms with Gasteiger partial charge < -0.3 is 10.2 Å². The van der Waals surface area contributed by atoms with Crippen molar-refractivity contribution in [2.75, 3.05) is 32.7 Å². The van der Waals surface area contributed by atoms with Crippen molar-refractivity contribution < 1.29 is 9.59 Å². The van der Waals surface area contributed by atoms with Gasteiger partial charge in [0.15, 0.2) is 0 Å². The van der Waals surface area contributed by atoms with Gasteiger partial charge in [0.1, 0.15) is 5.82 Å². The molecule has 2 aromatic rings. The first-order valence-corrected chi connectivity index (χ1v) is 9.72. The summed E-state index contributed by atoms with van der Waals surface area (Å²) < 4.78 is 1.59. The van der Waals surface area contributed by atoms with Crippen LogP contribution in [0.25, 0.3) is 5.69 Å². The van der Waals surface area contributed by atoms with Gasteiger partial charge in [0, 0.05) is 32.2 Å². The minimum atomic E-state index is -0.208. The number of aryl methyl sites for hydroxylation is 1. The number of benzene rings is 1. The maximum atomic E-state index is 12.8. The molecule has 1 aromatic carbocycles. The van der Waals surface area contributed by atoms with E-state index in [-0.39, 0.29) is 23.7 Å². The molecule has 8 nitrogen and oxygen atoms in total. The summed E-state index contributed by atoms with van der Waals surface area (Å²) in [6, 6.07) is 7.43. The zero-order valence-corrected chi connectivity index (χ0v) is 17.1. The average Bonchev–Trinajstić information content (AvgIpc) is 3.03. The van der Waals surface area contributed by atoms with E-state index in [1.165, 1.54) is 0 Å². The van der Waals surface area contributed by atoms with Crippen LogP contribution in [0.5, 0.6) is 0 Å². The second-order valence-electron chi connectivity index (χ2n) is 7.14. The number of carbonyl (C=O) groups is 2. The number of amides is 2. The second kappa shape index (κ2) is 8.70. The number of aromatic nitrogens is 3. The van der Waals surface area contributed by atoms with Gasteiger partial charge in [-0.3, -0.25) is 14.5 Å². The van der Waals surface area contributed by atoms with E-state index in [4.69, 9.17) is 11.6 Å². The molecule has 2 heterocycles. The highest BCUT2D eigenvalue weighted by Crippen LogP contribution is 2.20. The van der Waals surface area contributed by atoms with E-state index in [1.807, 2.05) is 36.9 Å². The molecule has 28 heavy (non-hydrogen) atoms. The lowest BCUT2D eigenvalue weighted by atomic mass is 10.3. The predicted octanol–water partition coefficient (Wildman–Crippen LogP) is 1.51. The molecule has 1 aliphatic rings. The largest absolute Gasteiger partial charge is 0.353 e. The maximum Gasteiger partial charge on any atom is 0.293 e. The van der Waals surface area contributed by atoms with Crippen molar-refractivity contribution in [3.8, 4) is 5.69 Å². The molecule has 0 aliphatic carbocycles.